The lowest BCUT2D eigenvalue weighted by Gasteiger charge is -2.16. The first-order valence-electron chi connectivity index (χ1n) is 14.1. The van der Waals surface area contributed by atoms with Crippen LogP contribution in [0.3, 0.4) is 0 Å². The predicted molar refractivity (Wildman–Crippen MR) is 164 cm³/mol. The minimum atomic E-state index is -0.170. The van der Waals surface area contributed by atoms with E-state index in [4.69, 9.17) is 15.7 Å². The monoisotopic (exact) mass is 579 g/mol. The van der Waals surface area contributed by atoms with Gasteiger partial charge in [-0.2, -0.15) is 10.2 Å². The number of nitrogens with two attached hydrogens (primary N) is 1. The minimum absolute atomic E-state index is 0.116. The second-order valence-corrected chi connectivity index (χ2v) is 10.5. The quantitative estimate of drug-likeness (QED) is 0.297. The smallest absolute Gasteiger partial charge is 0.253 e. The maximum atomic E-state index is 13.2. The van der Waals surface area contributed by atoms with E-state index in [-0.39, 0.29) is 11.9 Å². The van der Waals surface area contributed by atoms with Crippen LogP contribution in [0.2, 0.25) is 0 Å². The molecule has 7 aromatic rings. The van der Waals surface area contributed by atoms with Gasteiger partial charge in [-0.15, -0.1) is 0 Å². The topological polar surface area (TPSA) is 147 Å². The highest BCUT2D eigenvalue weighted by atomic mass is 16.1. The molecule has 1 aliphatic carbocycles. The standard InChI is InChI=1S/C32H25N11O/c33-29-24(4-1-13-34-29)30-38-26-10-12-28(42-17-3-15-37-42)40-31(26)43(30)22-7-8-23-20(18-22)5-9-25(23)39-32(44)21-6-11-27(35-19-21)41-16-2-14-36-41/h1-4,6-8,10-19,25H,5,9H2,(H2,33,34)(H,39,44)/t25-/m0/s1. The fraction of sp³-hybridized carbons (Fsp3) is 0.0938. The SMILES string of the molecule is Nc1ncccc1-c1nc2ccc(-n3cccn3)nc2n1-c1ccc2c(c1)CC[C@@H]2NC(=O)c1ccc(-n2cccn2)nc1. The third-order valence-corrected chi connectivity index (χ3v) is 7.83. The first-order chi connectivity index (χ1) is 21.6. The van der Waals surface area contributed by atoms with E-state index in [0.717, 1.165) is 35.2 Å². The Morgan fingerprint density at radius 3 is 2.43 bits per heavy atom. The van der Waals surface area contributed by atoms with E-state index >= 15 is 0 Å². The van der Waals surface area contributed by atoms with Crippen LogP contribution in [0.1, 0.15) is 33.9 Å². The lowest BCUT2D eigenvalue weighted by molar-refractivity contribution is 0.0936. The van der Waals surface area contributed by atoms with Crippen LogP contribution in [0.5, 0.6) is 0 Å². The zero-order chi connectivity index (χ0) is 29.6. The third kappa shape index (κ3) is 4.36. The van der Waals surface area contributed by atoms with Crippen LogP contribution in [-0.4, -0.2) is 50.0 Å². The minimum Gasteiger partial charge on any atom is -0.383 e. The van der Waals surface area contributed by atoms with Gasteiger partial charge in [-0.05, 0) is 84.6 Å². The molecule has 0 bridgehead atoms. The fourth-order valence-corrected chi connectivity index (χ4v) is 5.71. The third-order valence-electron chi connectivity index (χ3n) is 7.83. The number of anilines is 1. The number of carbonyl (C=O) groups excluding carboxylic acids is 1. The van der Waals surface area contributed by atoms with Gasteiger partial charge in [0, 0.05) is 42.9 Å². The Labute approximate surface area is 250 Å². The van der Waals surface area contributed by atoms with Crippen LogP contribution in [0.25, 0.3) is 39.9 Å². The number of hydrogen-bond acceptors (Lipinski definition) is 8. The van der Waals surface area contributed by atoms with Crippen molar-refractivity contribution in [1.29, 1.82) is 0 Å². The van der Waals surface area contributed by atoms with Gasteiger partial charge in [0.05, 0.1) is 17.2 Å². The van der Waals surface area contributed by atoms with Gasteiger partial charge in [0.25, 0.3) is 5.91 Å². The molecule has 1 aliphatic rings. The van der Waals surface area contributed by atoms with Crippen molar-refractivity contribution < 1.29 is 4.79 Å². The zero-order valence-electron chi connectivity index (χ0n) is 23.3. The lowest BCUT2D eigenvalue weighted by Crippen LogP contribution is -2.27. The van der Waals surface area contributed by atoms with Crippen molar-refractivity contribution in [2.45, 2.75) is 18.9 Å². The molecule has 3 N–H and O–H groups in total. The molecule has 0 unspecified atom stereocenters. The van der Waals surface area contributed by atoms with Gasteiger partial charge >= 0.3 is 0 Å². The van der Waals surface area contributed by atoms with Crippen LogP contribution in [-0.2, 0) is 6.42 Å². The number of rotatable bonds is 6. The van der Waals surface area contributed by atoms with E-state index < -0.39 is 0 Å². The van der Waals surface area contributed by atoms with Crippen LogP contribution in [0, 0.1) is 0 Å². The van der Waals surface area contributed by atoms with Crippen molar-refractivity contribution >= 4 is 22.9 Å². The molecule has 0 aliphatic heterocycles. The van der Waals surface area contributed by atoms with Crippen LogP contribution >= 0.6 is 0 Å². The van der Waals surface area contributed by atoms with Crippen molar-refractivity contribution in [3.05, 3.63) is 121 Å². The Balaban J connectivity index is 1.14. The molecule has 12 heteroatoms. The van der Waals surface area contributed by atoms with Crippen molar-refractivity contribution in [3.63, 3.8) is 0 Å². The van der Waals surface area contributed by atoms with Crippen molar-refractivity contribution in [1.82, 2.24) is 49.4 Å². The summed E-state index contributed by atoms with van der Waals surface area (Å²) in [5.74, 6) is 2.18. The van der Waals surface area contributed by atoms with Crippen molar-refractivity contribution in [2.75, 3.05) is 5.73 Å². The van der Waals surface area contributed by atoms with Gasteiger partial charge in [-0.1, -0.05) is 6.07 Å². The summed E-state index contributed by atoms with van der Waals surface area (Å²) in [6.07, 6.45) is 11.9. The Kier molecular flexibility index (Phi) is 5.96. The number of nitrogens with zero attached hydrogens (tertiary/aromatic N) is 9. The summed E-state index contributed by atoms with van der Waals surface area (Å²) in [5.41, 5.74) is 12.0. The molecule has 1 aromatic carbocycles. The zero-order valence-corrected chi connectivity index (χ0v) is 23.3. The fourth-order valence-electron chi connectivity index (χ4n) is 5.71. The Morgan fingerprint density at radius 2 is 1.68 bits per heavy atom. The largest absolute Gasteiger partial charge is 0.383 e. The molecular formula is C32H25N11O. The molecule has 0 fully saturated rings. The number of imidazole rings is 1. The van der Waals surface area contributed by atoms with Crippen LogP contribution in [0.4, 0.5) is 5.82 Å². The summed E-state index contributed by atoms with van der Waals surface area (Å²) in [5, 5.41) is 11.7. The first-order valence-corrected chi connectivity index (χ1v) is 14.1. The number of amides is 1. The number of aryl methyl sites for hydroxylation is 1. The predicted octanol–water partition coefficient (Wildman–Crippen LogP) is 4.25. The molecule has 6 heterocycles. The number of fused-ring (bicyclic) bond motifs is 2. The molecule has 1 atom stereocenters. The molecule has 6 aromatic heterocycles. The highest BCUT2D eigenvalue weighted by molar-refractivity contribution is 5.94. The van der Waals surface area contributed by atoms with Gasteiger partial charge in [0.2, 0.25) is 0 Å². The van der Waals surface area contributed by atoms with Gasteiger partial charge in [0.1, 0.15) is 11.3 Å². The van der Waals surface area contributed by atoms with Gasteiger partial charge < -0.3 is 11.1 Å². The summed E-state index contributed by atoms with van der Waals surface area (Å²) in [6.45, 7) is 0. The highest BCUT2D eigenvalue weighted by Gasteiger charge is 2.26. The highest BCUT2D eigenvalue weighted by Crippen LogP contribution is 2.36. The lowest BCUT2D eigenvalue weighted by atomic mass is 10.1. The number of pyridine rings is 3. The van der Waals surface area contributed by atoms with Gasteiger partial charge in [-0.25, -0.2) is 29.3 Å². The molecule has 1 amide bonds. The second-order valence-electron chi connectivity index (χ2n) is 10.5. The molecular weight excluding hydrogens is 554 g/mol. The van der Waals surface area contributed by atoms with Crippen LogP contribution < -0.4 is 11.1 Å². The number of hydrogen-bond donors (Lipinski definition) is 2. The number of nitrogen functional groups attached to an aromatic ring is 1. The average Bonchev–Trinajstić information content (AvgIpc) is 3.88. The second kappa shape index (κ2) is 10.3. The van der Waals surface area contributed by atoms with E-state index in [1.807, 2.05) is 59.4 Å². The summed E-state index contributed by atoms with van der Waals surface area (Å²) in [7, 11) is 0. The Morgan fingerprint density at radius 1 is 0.864 bits per heavy atom. The van der Waals surface area contributed by atoms with E-state index in [1.165, 1.54) is 0 Å². The van der Waals surface area contributed by atoms with Gasteiger partial charge in [-0.3, -0.25) is 9.36 Å². The summed E-state index contributed by atoms with van der Waals surface area (Å²) >= 11 is 0. The molecule has 12 nitrogen and oxygen atoms in total. The maximum absolute atomic E-state index is 13.2. The van der Waals surface area contributed by atoms with Crippen LogP contribution in [0.15, 0.2) is 104 Å². The summed E-state index contributed by atoms with van der Waals surface area (Å²) in [4.78, 5) is 31.7. The Bertz CT molecular complexity index is 2130. The molecule has 0 radical (unpaired) electrons. The summed E-state index contributed by atoms with van der Waals surface area (Å²) < 4.78 is 5.37. The molecule has 0 spiro atoms. The molecule has 0 saturated carbocycles. The normalized spacial score (nSPS) is 14.1. The van der Waals surface area contributed by atoms with Crippen molar-refractivity contribution in [2.24, 2.45) is 0 Å². The number of benzene rings is 1. The van der Waals surface area contributed by atoms with E-state index in [2.05, 4.69) is 37.6 Å². The number of nitrogens with one attached hydrogen (secondary N) is 1. The van der Waals surface area contributed by atoms with E-state index in [9.17, 15) is 4.79 Å². The maximum Gasteiger partial charge on any atom is 0.253 e. The molecule has 214 valence electrons. The van der Waals surface area contributed by atoms with Gasteiger partial charge in [0.15, 0.2) is 23.1 Å². The average molecular weight is 580 g/mol. The molecule has 44 heavy (non-hydrogen) atoms. The first kappa shape index (κ1) is 25.5. The van der Waals surface area contributed by atoms with E-state index in [1.54, 1.807) is 46.3 Å². The molecule has 8 rings (SSSR count). The van der Waals surface area contributed by atoms with E-state index in [0.29, 0.717) is 40.1 Å². The molecule has 0 saturated heterocycles. The van der Waals surface area contributed by atoms with Crippen molar-refractivity contribution in [3.8, 4) is 28.7 Å². The number of aromatic nitrogens is 9. The number of carbonyl (C=O) groups is 1. The summed E-state index contributed by atoms with van der Waals surface area (Å²) in [6, 6.07) is 20.9. The Hall–Kier alpha value is -6.17.